The van der Waals surface area contributed by atoms with Gasteiger partial charge in [-0.05, 0) is 30.3 Å². The second kappa shape index (κ2) is 4.21. The quantitative estimate of drug-likeness (QED) is 0.544. The molecule has 4 aromatic rings. The Bertz CT molecular complexity index is 997. The molecule has 0 aliphatic heterocycles. The van der Waals surface area contributed by atoms with Crippen LogP contribution in [0.1, 0.15) is 0 Å². The predicted molar refractivity (Wildman–Crippen MR) is 78.3 cm³/mol. The number of hydrogen-bond acceptors (Lipinski definition) is 4. The summed E-state index contributed by atoms with van der Waals surface area (Å²) in [7, 11) is 0. The number of rotatable bonds is 1. The van der Waals surface area contributed by atoms with Crippen molar-refractivity contribution in [3.05, 3.63) is 65.3 Å². The minimum absolute atomic E-state index is 0.0612. The average Bonchev–Trinajstić information content (AvgIpc) is 2.90. The number of fused-ring (bicyclic) bond motifs is 2. The maximum Gasteiger partial charge on any atom is 0.345 e. The van der Waals surface area contributed by atoms with Crippen molar-refractivity contribution in [3.8, 4) is 17.0 Å². The lowest BCUT2D eigenvalue weighted by molar-refractivity contribution is 0.473. The Kier molecular flexibility index (Phi) is 2.35. The minimum atomic E-state index is -0.475. The maximum atomic E-state index is 12.1. The summed E-state index contributed by atoms with van der Waals surface area (Å²) in [6.07, 6.45) is 3.65. The Morgan fingerprint density at radius 3 is 2.90 bits per heavy atom. The molecule has 0 fully saturated rings. The van der Waals surface area contributed by atoms with Crippen LogP contribution in [0.5, 0.6) is 5.75 Å². The molecule has 5 nitrogen and oxygen atoms in total. The van der Waals surface area contributed by atoms with Crippen LogP contribution in [0.15, 0.2) is 64.1 Å². The number of nitrogens with zero attached hydrogens (tertiary/aromatic N) is 2. The van der Waals surface area contributed by atoms with E-state index in [9.17, 15) is 9.90 Å². The van der Waals surface area contributed by atoms with Crippen LogP contribution >= 0.6 is 0 Å². The van der Waals surface area contributed by atoms with Gasteiger partial charge in [0.05, 0.1) is 11.3 Å². The number of phenols is 1. The van der Waals surface area contributed by atoms with Crippen LogP contribution in [-0.2, 0) is 0 Å². The third-order valence-corrected chi connectivity index (χ3v) is 3.36. The molecule has 3 heterocycles. The predicted octanol–water partition coefficient (Wildman–Crippen LogP) is 2.81. The third kappa shape index (κ3) is 1.87. The number of aromatic hydroxyl groups is 1. The van der Waals surface area contributed by atoms with Gasteiger partial charge in [-0.25, -0.2) is 9.78 Å². The van der Waals surface area contributed by atoms with Gasteiger partial charge in [-0.15, -0.1) is 0 Å². The summed E-state index contributed by atoms with van der Waals surface area (Å²) >= 11 is 0. The molecular formula is C16H10N2O3. The fraction of sp³-hybridized carbons (Fsp3) is 0. The van der Waals surface area contributed by atoms with Gasteiger partial charge in [-0.2, -0.15) is 0 Å². The Balaban J connectivity index is 1.99. The second-order valence-electron chi connectivity index (χ2n) is 4.76. The van der Waals surface area contributed by atoms with Crippen molar-refractivity contribution in [2.24, 2.45) is 0 Å². The first kappa shape index (κ1) is 11.7. The highest BCUT2D eigenvalue weighted by Gasteiger charge is 2.11. The van der Waals surface area contributed by atoms with Crippen molar-refractivity contribution in [1.82, 2.24) is 9.38 Å². The number of pyridine rings is 1. The molecule has 0 bridgehead atoms. The highest BCUT2D eigenvalue weighted by atomic mass is 16.4. The summed E-state index contributed by atoms with van der Waals surface area (Å²) in [6.45, 7) is 0. The Hall–Kier alpha value is -3.08. The summed E-state index contributed by atoms with van der Waals surface area (Å²) in [6, 6.07) is 12.0. The molecule has 0 saturated carbocycles. The van der Waals surface area contributed by atoms with E-state index in [0.717, 1.165) is 11.0 Å². The number of imidazole rings is 1. The van der Waals surface area contributed by atoms with E-state index in [1.165, 1.54) is 6.07 Å². The Morgan fingerprint density at radius 2 is 2.05 bits per heavy atom. The van der Waals surface area contributed by atoms with Crippen LogP contribution in [0.4, 0.5) is 0 Å². The first-order valence-electron chi connectivity index (χ1n) is 6.42. The van der Waals surface area contributed by atoms with Gasteiger partial charge in [-0.1, -0.05) is 6.07 Å². The molecule has 0 amide bonds. The highest BCUT2D eigenvalue weighted by molar-refractivity contribution is 5.82. The minimum Gasteiger partial charge on any atom is -0.508 e. The fourth-order valence-electron chi connectivity index (χ4n) is 2.34. The van der Waals surface area contributed by atoms with Crippen molar-refractivity contribution in [2.75, 3.05) is 0 Å². The van der Waals surface area contributed by atoms with Gasteiger partial charge in [-0.3, -0.25) is 0 Å². The first-order valence-corrected chi connectivity index (χ1v) is 6.42. The molecule has 1 N–H and O–H groups in total. The number of aromatic nitrogens is 2. The zero-order chi connectivity index (χ0) is 14.4. The van der Waals surface area contributed by atoms with E-state index in [0.29, 0.717) is 16.8 Å². The molecule has 102 valence electrons. The lowest BCUT2D eigenvalue weighted by Gasteiger charge is -2.00. The fourth-order valence-corrected chi connectivity index (χ4v) is 2.34. The van der Waals surface area contributed by atoms with Crippen molar-refractivity contribution in [2.45, 2.75) is 0 Å². The standard InChI is InChI=1S/C16H10N2O3/c19-11-5-4-10-7-12(16(20)21-14(10)8-11)13-9-18-6-2-1-3-15(18)17-13/h1-9,19H. The summed E-state index contributed by atoms with van der Waals surface area (Å²) in [4.78, 5) is 16.5. The molecule has 0 radical (unpaired) electrons. The van der Waals surface area contributed by atoms with Crippen LogP contribution < -0.4 is 5.63 Å². The first-order chi connectivity index (χ1) is 10.2. The topological polar surface area (TPSA) is 67.7 Å². The lowest BCUT2D eigenvalue weighted by Crippen LogP contribution is -2.02. The van der Waals surface area contributed by atoms with Crippen LogP contribution in [0, 0.1) is 0 Å². The number of benzene rings is 1. The zero-order valence-electron chi connectivity index (χ0n) is 10.9. The molecule has 3 aromatic heterocycles. The third-order valence-electron chi connectivity index (χ3n) is 3.36. The van der Waals surface area contributed by atoms with E-state index in [1.807, 2.05) is 28.8 Å². The van der Waals surface area contributed by atoms with E-state index < -0.39 is 5.63 Å². The van der Waals surface area contributed by atoms with Gasteiger partial charge in [0.2, 0.25) is 0 Å². The second-order valence-corrected chi connectivity index (χ2v) is 4.76. The van der Waals surface area contributed by atoms with E-state index in [-0.39, 0.29) is 5.75 Å². The molecule has 5 heteroatoms. The molecule has 0 saturated heterocycles. The summed E-state index contributed by atoms with van der Waals surface area (Å²) in [5.41, 5.74) is 1.60. The SMILES string of the molecule is O=c1oc2cc(O)ccc2cc1-c1cn2ccccc2n1. The van der Waals surface area contributed by atoms with Gasteiger partial charge in [0.25, 0.3) is 0 Å². The van der Waals surface area contributed by atoms with Crippen LogP contribution in [0.25, 0.3) is 27.9 Å². The highest BCUT2D eigenvalue weighted by Crippen LogP contribution is 2.23. The van der Waals surface area contributed by atoms with Crippen LogP contribution in [0.2, 0.25) is 0 Å². The lowest BCUT2D eigenvalue weighted by atomic mass is 10.1. The number of hydrogen-bond donors (Lipinski definition) is 1. The number of phenolic OH excluding ortho intramolecular Hbond substituents is 1. The van der Waals surface area contributed by atoms with E-state index in [2.05, 4.69) is 4.98 Å². The molecule has 0 atom stereocenters. The molecule has 1 aromatic carbocycles. The average molecular weight is 278 g/mol. The summed E-state index contributed by atoms with van der Waals surface area (Å²) in [5, 5.41) is 10.2. The van der Waals surface area contributed by atoms with Crippen molar-refractivity contribution in [1.29, 1.82) is 0 Å². The van der Waals surface area contributed by atoms with Crippen molar-refractivity contribution < 1.29 is 9.52 Å². The van der Waals surface area contributed by atoms with Gasteiger partial charge in [0.15, 0.2) is 0 Å². The molecule has 21 heavy (non-hydrogen) atoms. The van der Waals surface area contributed by atoms with Crippen LogP contribution in [-0.4, -0.2) is 14.5 Å². The van der Waals surface area contributed by atoms with Crippen molar-refractivity contribution >= 4 is 16.6 Å². The summed E-state index contributed by atoms with van der Waals surface area (Å²) in [5.74, 6) is 0.0612. The molecular weight excluding hydrogens is 268 g/mol. The summed E-state index contributed by atoms with van der Waals surface area (Å²) < 4.78 is 7.10. The van der Waals surface area contributed by atoms with Gasteiger partial charge in [0, 0.05) is 23.8 Å². The monoisotopic (exact) mass is 278 g/mol. The van der Waals surface area contributed by atoms with Crippen molar-refractivity contribution in [3.63, 3.8) is 0 Å². The van der Waals surface area contributed by atoms with Gasteiger partial charge >= 0.3 is 5.63 Å². The smallest absolute Gasteiger partial charge is 0.345 e. The van der Waals surface area contributed by atoms with Gasteiger partial charge in [0.1, 0.15) is 17.0 Å². The normalized spacial score (nSPS) is 11.2. The molecule has 4 rings (SSSR count). The largest absolute Gasteiger partial charge is 0.508 e. The molecule has 0 aliphatic rings. The molecule has 0 unspecified atom stereocenters. The van der Waals surface area contributed by atoms with E-state index >= 15 is 0 Å². The maximum absolute atomic E-state index is 12.1. The Morgan fingerprint density at radius 1 is 1.14 bits per heavy atom. The Labute approximate surface area is 118 Å². The zero-order valence-corrected chi connectivity index (χ0v) is 10.9. The molecule has 0 spiro atoms. The van der Waals surface area contributed by atoms with Gasteiger partial charge < -0.3 is 13.9 Å². The van der Waals surface area contributed by atoms with E-state index in [1.54, 1.807) is 24.4 Å². The van der Waals surface area contributed by atoms with E-state index in [4.69, 9.17) is 4.42 Å². The molecule has 0 aliphatic carbocycles. The van der Waals surface area contributed by atoms with Crippen LogP contribution in [0.3, 0.4) is 0 Å².